The monoisotopic (exact) mass is 260 g/mol. The van der Waals surface area contributed by atoms with Crippen molar-refractivity contribution in [2.24, 2.45) is 0 Å². The zero-order valence-electron chi connectivity index (χ0n) is 9.26. The fourth-order valence-corrected chi connectivity index (χ4v) is 1.72. The zero-order valence-corrected chi connectivity index (χ0v) is 10.0. The van der Waals surface area contributed by atoms with Gasteiger partial charge in [-0.15, -0.1) is 11.6 Å². The van der Waals surface area contributed by atoms with Crippen molar-refractivity contribution in [2.45, 2.75) is 5.88 Å². The maximum absolute atomic E-state index is 5.77. The molecule has 18 heavy (non-hydrogen) atoms. The standard InChI is InChI=1S/C11H9ClN6/c12-5-9-15-7-6-14-18-10(7)11(17-9)16-8-3-1-2-4-13-8/h1-4,6H,5H2,(H,14,18)(H,13,15,16,17). The number of nitrogens with one attached hydrogen (secondary N) is 2. The molecule has 0 atom stereocenters. The lowest BCUT2D eigenvalue weighted by atomic mass is 10.4. The Morgan fingerprint density at radius 2 is 2.22 bits per heavy atom. The van der Waals surface area contributed by atoms with E-state index in [1.54, 1.807) is 12.4 Å². The number of halogens is 1. The second-order valence-corrected chi connectivity index (χ2v) is 3.86. The molecule has 6 nitrogen and oxygen atoms in total. The lowest BCUT2D eigenvalue weighted by Gasteiger charge is -2.06. The van der Waals surface area contributed by atoms with Gasteiger partial charge in [0.1, 0.15) is 22.7 Å². The molecule has 0 fully saturated rings. The molecule has 3 aromatic heterocycles. The van der Waals surface area contributed by atoms with Gasteiger partial charge in [0, 0.05) is 6.20 Å². The minimum atomic E-state index is 0.248. The average molecular weight is 261 g/mol. The van der Waals surface area contributed by atoms with E-state index in [-0.39, 0.29) is 5.88 Å². The van der Waals surface area contributed by atoms with Gasteiger partial charge in [0.2, 0.25) is 0 Å². The number of pyridine rings is 1. The summed E-state index contributed by atoms with van der Waals surface area (Å²) < 4.78 is 0. The highest BCUT2D eigenvalue weighted by molar-refractivity contribution is 6.16. The Bertz CT molecular complexity index is 666. The van der Waals surface area contributed by atoms with Crippen molar-refractivity contribution in [2.75, 3.05) is 5.32 Å². The highest BCUT2D eigenvalue weighted by Crippen LogP contribution is 2.20. The lowest BCUT2D eigenvalue weighted by Crippen LogP contribution is -2.01. The summed E-state index contributed by atoms with van der Waals surface area (Å²) >= 11 is 5.77. The maximum atomic E-state index is 5.77. The Balaban J connectivity index is 2.07. The molecule has 0 saturated heterocycles. The van der Waals surface area contributed by atoms with Gasteiger partial charge in [-0.25, -0.2) is 15.0 Å². The third kappa shape index (κ3) is 1.98. The molecular weight excluding hydrogens is 252 g/mol. The Kier molecular flexibility index (Phi) is 2.77. The van der Waals surface area contributed by atoms with E-state index >= 15 is 0 Å². The summed E-state index contributed by atoms with van der Waals surface area (Å²) in [7, 11) is 0. The molecule has 0 aliphatic carbocycles. The van der Waals surface area contributed by atoms with Crippen LogP contribution in [0.5, 0.6) is 0 Å². The van der Waals surface area contributed by atoms with Gasteiger partial charge < -0.3 is 5.32 Å². The molecule has 0 aliphatic rings. The van der Waals surface area contributed by atoms with Crippen LogP contribution in [0.2, 0.25) is 0 Å². The number of aromatic nitrogens is 5. The first-order chi connectivity index (χ1) is 8.86. The highest BCUT2D eigenvalue weighted by atomic mass is 35.5. The topological polar surface area (TPSA) is 79.4 Å². The summed E-state index contributed by atoms with van der Waals surface area (Å²) in [6.07, 6.45) is 3.34. The van der Waals surface area contributed by atoms with Crippen molar-refractivity contribution in [1.29, 1.82) is 0 Å². The third-order valence-corrected chi connectivity index (χ3v) is 2.62. The van der Waals surface area contributed by atoms with E-state index in [9.17, 15) is 0 Å². The van der Waals surface area contributed by atoms with Crippen LogP contribution in [0.3, 0.4) is 0 Å². The fourth-order valence-electron chi connectivity index (χ4n) is 1.60. The van der Waals surface area contributed by atoms with Gasteiger partial charge in [0.25, 0.3) is 0 Å². The summed E-state index contributed by atoms with van der Waals surface area (Å²) in [4.78, 5) is 12.8. The highest BCUT2D eigenvalue weighted by Gasteiger charge is 2.09. The Morgan fingerprint density at radius 1 is 1.28 bits per heavy atom. The van der Waals surface area contributed by atoms with Crippen molar-refractivity contribution < 1.29 is 0 Å². The third-order valence-electron chi connectivity index (χ3n) is 2.38. The first kappa shape index (κ1) is 10.9. The zero-order chi connectivity index (χ0) is 12.4. The maximum Gasteiger partial charge on any atom is 0.161 e. The first-order valence-electron chi connectivity index (χ1n) is 5.31. The number of hydrogen-bond donors (Lipinski definition) is 2. The van der Waals surface area contributed by atoms with Gasteiger partial charge in [-0.1, -0.05) is 6.07 Å². The second kappa shape index (κ2) is 4.58. The van der Waals surface area contributed by atoms with Crippen LogP contribution < -0.4 is 5.32 Å². The van der Waals surface area contributed by atoms with Crippen LogP contribution in [0.15, 0.2) is 30.6 Å². The second-order valence-electron chi connectivity index (χ2n) is 3.59. The smallest absolute Gasteiger partial charge is 0.161 e. The number of alkyl halides is 1. The van der Waals surface area contributed by atoms with E-state index in [0.29, 0.717) is 17.5 Å². The largest absolute Gasteiger partial charge is 0.323 e. The van der Waals surface area contributed by atoms with Crippen molar-refractivity contribution in [3.63, 3.8) is 0 Å². The molecule has 0 aliphatic heterocycles. The summed E-state index contributed by atoms with van der Waals surface area (Å²) in [6, 6.07) is 5.59. The molecule has 0 aromatic carbocycles. The molecule has 3 aromatic rings. The van der Waals surface area contributed by atoms with Gasteiger partial charge >= 0.3 is 0 Å². The van der Waals surface area contributed by atoms with Crippen LogP contribution >= 0.6 is 11.6 Å². The molecule has 90 valence electrons. The van der Waals surface area contributed by atoms with E-state index in [2.05, 4.69) is 30.5 Å². The van der Waals surface area contributed by atoms with Crippen LogP contribution in [0.1, 0.15) is 5.82 Å². The SMILES string of the molecule is ClCc1nc(Nc2ccccn2)c2[nH]ncc2n1. The summed E-state index contributed by atoms with van der Waals surface area (Å²) in [6.45, 7) is 0. The molecule has 3 heterocycles. The van der Waals surface area contributed by atoms with Crippen LogP contribution in [0.4, 0.5) is 11.6 Å². The number of anilines is 2. The summed E-state index contributed by atoms with van der Waals surface area (Å²) in [5.74, 6) is 2.11. The molecule has 3 rings (SSSR count). The van der Waals surface area contributed by atoms with Crippen LogP contribution in [-0.2, 0) is 5.88 Å². The van der Waals surface area contributed by atoms with E-state index in [1.807, 2.05) is 18.2 Å². The van der Waals surface area contributed by atoms with Gasteiger partial charge in [0.15, 0.2) is 5.82 Å². The fraction of sp³-hybridized carbons (Fsp3) is 0.0909. The number of H-pyrrole nitrogens is 1. The molecule has 0 spiro atoms. The number of fused-ring (bicyclic) bond motifs is 1. The van der Waals surface area contributed by atoms with Crippen molar-refractivity contribution >= 4 is 34.3 Å². The Hall–Kier alpha value is -2.21. The predicted molar refractivity (Wildman–Crippen MR) is 68.8 cm³/mol. The molecular formula is C11H9ClN6. The quantitative estimate of drug-likeness (QED) is 0.706. The van der Waals surface area contributed by atoms with Gasteiger partial charge in [-0.3, -0.25) is 5.10 Å². The number of nitrogens with zero attached hydrogens (tertiary/aromatic N) is 4. The normalized spacial score (nSPS) is 10.7. The van der Waals surface area contributed by atoms with Gasteiger partial charge in [-0.05, 0) is 12.1 Å². The number of rotatable bonds is 3. The van der Waals surface area contributed by atoms with Gasteiger partial charge in [0.05, 0.1) is 12.1 Å². The molecule has 0 unspecified atom stereocenters. The minimum Gasteiger partial charge on any atom is -0.323 e. The van der Waals surface area contributed by atoms with E-state index in [1.165, 1.54) is 0 Å². The van der Waals surface area contributed by atoms with E-state index < -0.39 is 0 Å². The van der Waals surface area contributed by atoms with E-state index in [4.69, 9.17) is 11.6 Å². The minimum absolute atomic E-state index is 0.248. The Morgan fingerprint density at radius 3 is 3.00 bits per heavy atom. The van der Waals surface area contributed by atoms with E-state index in [0.717, 1.165) is 11.0 Å². The van der Waals surface area contributed by atoms with Crippen molar-refractivity contribution in [1.82, 2.24) is 25.1 Å². The molecule has 0 bridgehead atoms. The van der Waals surface area contributed by atoms with Crippen LogP contribution in [0, 0.1) is 0 Å². The van der Waals surface area contributed by atoms with Gasteiger partial charge in [-0.2, -0.15) is 5.10 Å². The first-order valence-corrected chi connectivity index (χ1v) is 5.84. The Labute approximate surface area is 107 Å². The average Bonchev–Trinajstić information content (AvgIpc) is 2.88. The molecule has 0 saturated carbocycles. The number of hydrogen-bond acceptors (Lipinski definition) is 5. The number of aromatic amines is 1. The summed E-state index contributed by atoms with van der Waals surface area (Å²) in [5.41, 5.74) is 1.45. The van der Waals surface area contributed by atoms with Crippen LogP contribution in [0.25, 0.3) is 11.0 Å². The lowest BCUT2D eigenvalue weighted by molar-refractivity contribution is 1.06. The summed E-state index contributed by atoms with van der Waals surface area (Å²) in [5, 5.41) is 9.91. The molecule has 0 radical (unpaired) electrons. The van der Waals surface area contributed by atoms with Crippen LogP contribution in [-0.4, -0.2) is 25.1 Å². The molecule has 7 heteroatoms. The molecule has 0 amide bonds. The molecule has 2 N–H and O–H groups in total. The van der Waals surface area contributed by atoms with Crippen molar-refractivity contribution in [3.8, 4) is 0 Å². The van der Waals surface area contributed by atoms with Crippen molar-refractivity contribution in [3.05, 3.63) is 36.4 Å². The predicted octanol–water partition coefficient (Wildman–Crippen LogP) is 2.23.